The first-order valence-corrected chi connectivity index (χ1v) is 12.7. The fourth-order valence-electron chi connectivity index (χ4n) is 5.09. The van der Waals surface area contributed by atoms with Gasteiger partial charge in [-0.15, -0.1) is 11.3 Å². The molecular weight excluding hydrogens is 437 g/mol. The van der Waals surface area contributed by atoms with E-state index in [0.29, 0.717) is 29.7 Å². The Labute approximate surface area is 197 Å². The minimum absolute atomic E-state index is 0.0834. The number of nitrogen functional groups attached to an aromatic ring is 1. The van der Waals surface area contributed by atoms with E-state index in [4.69, 9.17) is 10.8 Å². The van der Waals surface area contributed by atoms with Gasteiger partial charge < -0.3 is 10.6 Å². The Morgan fingerprint density at radius 2 is 1.97 bits per heavy atom. The number of fused-ring (bicyclic) bond motifs is 1. The number of hydrogen-bond acceptors (Lipinski definition) is 5. The van der Waals surface area contributed by atoms with Crippen LogP contribution in [0.5, 0.6) is 0 Å². The maximum absolute atomic E-state index is 13.8. The monoisotopic (exact) mass is 467 g/mol. The van der Waals surface area contributed by atoms with Gasteiger partial charge in [0, 0.05) is 48.0 Å². The van der Waals surface area contributed by atoms with E-state index < -0.39 is 0 Å². The van der Waals surface area contributed by atoms with Crippen LogP contribution >= 0.6 is 11.3 Å². The number of nitrogens with zero attached hydrogens (tertiary/aromatic N) is 4. The lowest BCUT2D eigenvalue weighted by atomic mass is 9.86. The van der Waals surface area contributed by atoms with E-state index in [9.17, 15) is 9.18 Å². The molecule has 8 heteroatoms. The highest BCUT2D eigenvalue weighted by Crippen LogP contribution is 2.35. The SMILES string of the molecule is Cc1cc(-c2cc(C3CCCCC3)n(CC(=O)N3CCc4nc(N)sc4CC3)n2)ccc1F. The first kappa shape index (κ1) is 22.1. The van der Waals surface area contributed by atoms with Crippen LogP contribution in [0.4, 0.5) is 9.52 Å². The fourth-order valence-corrected chi connectivity index (χ4v) is 5.96. The summed E-state index contributed by atoms with van der Waals surface area (Å²) in [6.07, 6.45) is 7.47. The third-order valence-electron chi connectivity index (χ3n) is 6.95. The smallest absolute Gasteiger partial charge is 0.244 e. The van der Waals surface area contributed by atoms with Gasteiger partial charge in [0.05, 0.1) is 11.4 Å². The minimum atomic E-state index is -0.216. The molecule has 2 N–H and O–H groups in total. The predicted molar refractivity (Wildman–Crippen MR) is 129 cm³/mol. The van der Waals surface area contributed by atoms with Crippen molar-refractivity contribution in [2.45, 2.75) is 64.3 Å². The van der Waals surface area contributed by atoms with Crippen LogP contribution < -0.4 is 5.73 Å². The van der Waals surface area contributed by atoms with Gasteiger partial charge >= 0.3 is 0 Å². The third kappa shape index (κ3) is 4.67. The molecule has 1 fully saturated rings. The van der Waals surface area contributed by atoms with Crippen LogP contribution in [0.3, 0.4) is 0 Å². The number of anilines is 1. The molecule has 3 aromatic rings. The van der Waals surface area contributed by atoms with Crippen molar-refractivity contribution < 1.29 is 9.18 Å². The molecule has 0 unspecified atom stereocenters. The number of carbonyl (C=O) groups is 1. The highest BCUT2D eigenvalue weighted by molar-refractivity contribution is 7.15. The van der Waals surface area contributed by atoms with Gasteiger partial charge in [-0.3, -0.25) is 9.48 Å². The number of aromatic nitrogens is 3. The van der Waals surface area contributed by atoms with Crippen LogP contribution in [0.25, 0.3) is 11.3 Å². The van der Waals surface area contributed by atoms with Gasteiger partial charge in [-0.05, 0) is 49.6 Å². The van der Waals surface area contributed by atoms with Crippen molar-refractivity contribution in [3.8, 4) is 11.3 Å². The molecule has 1 aliphatic heterocycles. The lowest BCUT2D eigenvalue weighted by molar-refractivity contribution is -0.132. The molecule has 174 valence electrons. The number of aryl methyl sites for hydroxylation is 1. The number of rotatable bonds is 4. The molecule has 5 rings (SSSR count). The van der Waals surface area contributed by atoms with E-state index in [-0.39, 0.29) is 18.3 Å². The maximum Gasteiger partial charge on any atom is 0.244 e. The Balaban J connectivity index is 1.38. The number of carbonyl (C=O) groups excluding carboxylic acids is 1. The lowest BCUT2D eigenvalue weighted by Gasteiger charge is -2.24. The Morgan fingerprint density at radius 3 is 2.76 bits per heavy atom. The first-order chi connectivity index (χ1) is 16.0. The zero-order chi connectivity index (χ0) is 22.9. The molecule has 0 spiro atoms. The summed E-state index contributed by atoms with van der Waals surface area (Å²) < 4.78 is 15.7. The summed E-state index contributed by atoms with van der Waals surface area (Å²) in [6.45, 7) is 3.33. The zero-order valence-electron chi connectivity index (χ0n) is 19.0. The van der Waals surface area contributed by atoms with Crippen molar-refractivity contribution in [1.29, 1.82) is 0 Å². The topological polar surface area (TPSA) is 77.0 Å². The second-order valence-corrected chi connectivity index (χ2v) is 10.3. The molecule has 1 aromatic carbocycles. The highest BCUT2D eigenvalue weighted by Gasteiger charge is 2.25. The first-order valence-electron chi connectivity index (χ1n) is 11.8. The number of hydrogen-bond donors (Lipinski definition) is 1. The minimum Gasteiger partial charge on any atom is -0.375 e. The summed E-state index contributed by atoms with van der Waals surface area (Å²) in [6, 6.07) is 7.21. The van der Waals surface area contributed by atoms with E-state index in [1.54, 1.807) is 13.0 Å². The molecule has 1 saturated carbocycles. The number of nitrogens with two attached hydrogens (primary N) is 1. The van der Waals surface area contributed by atoms with Gasteiger partial charge in [-0.1, -0.05) is 19.3 Å². The van der Waals surface area contributed by atoms with Crippen LogP contribution in [-0.4, -0.2) is 38.7 Å². The van der Waals surface area contributed by atoms with Crippen molar-refractivity contribution in [3.05, 3.63) is 51.9 Å². The van der Waals surface area contributed by atoms with Gasteiger partial charge in [0.1, 0.15) is 12.4 Å². The quantitative estimate of drug-likeness (QED) is 0.603. The van der Waals surface area contributed by atoms with E-state index in [1.165, 1.54) is 41.5 Å². The summed E-state index contributed by atoms with van der Waals surface area (Å²) in [5.41, 5.74) is 10.3. The summed E-state index contributed by atoms with van der Waals surface area (Å²) in [5, 5.41) is 5.45. The number of benzene rings is 1. The van der Waals surface area contributed by atoms with Crippen molar-refractivity contribution in [3.63, 3.8) is 0 Å². The van der Waals surface area contributed by atoms with Gasteiger partial charge in [-0.2, -0.15) is 5.10 Å². The Kier molecular flexibility index (Phi) is 6.19. The average Bonchev–Trinajstić information content (AvgIpc) is 3.33. The second kappa shape index (κ2) is 9.25. The largest absolute Gasteiger partial charge is 0.375 e. The lowest BCUT2D eigenvalue weighted by Crippen LogP contribution is -2.36. The molecule has 1 aliphatic carbocycles. The molecule has 0 bridgehead atoms. The predicted octanol–water partition coefficient (Wildman–Crippen LogP) is 4.71. The normalized spacial score (nSPS) is 17.1. The molecule has 1 amide bonds. The van der Waals surface area contributed by atoms with Crippen molar-refractivity contribution in [1.82, 2.24) is 19.7 Å². The standard InChI is InChI=1S/C25H30FN5OS/c1-16-13-18(7-8-19(16)26)21-14-22(17-5-3-2-4-6-17)31(29-21)15-24(32)30-11-9-20-23(10-12-30)33-25(27)28-20/h7-8,13-14,17H,2-6,9-12,15H2,1H3,(H2,27,28). The summed E-state index contributed by atoms with van der Waals surface area (Å²) in [5.74, 6) is 0.282. The van der Waals surface area contributed by atoms with Crippen molar-refractivity contribution in [2.75, 3.05) is 18.8 Å². The fraction of sp³-hybridized carbons (Fsp3) is 0.480. The van der Waals surface area contributed by atoms with Gasteiger partial charge in [0.15, 0.2) is 5.13 Å². The van der Waals surface area contributed by atoms with E-state index in [1.807, 2.05) is 15.6 Å². The van der Waals surface area contributed by atoms with E-state index in [2.05, 4.69) is 11.1 Å². The molecule has 0 atom stereocenters. The summed E-state index contributed by atoms with van der Waals surface area (Å²) >= 11 is 1.53. The summed E-state index contributed by atoms with van der Waals surface area (Å²) in [7, 11) is 0. The Bertz CT molecular complexity index is 1140. The van der Waals surface area contributed by atoms with Crippen LogP contribution in [-0.2, 0) is 24.2 Å². The maximum atomic E-state index is 13.8. The van der Waals surface area contributed by atoms with Gasteiger partial charge in [0.2, 0.25) is 5.91 Å². The number of amides is 1. The van der Waals surface area contributed by atoms with E-state index in [0.717, 1.165) is 48.3 Å². The zero-order valence-corrected chi connectivity index (χ0v) is 19.8. The molecule has 0 radical (unpaired) electrons. The molecule has 6 nitrogen and oxygen atoms in total. The van der Waals surface area contributed by atoms with E-state index >= 15 is 0 Å². The Hall–Kier alpha value is -2.74. The number of halogens is 1. The highest BCUT2D eigenvalue weighted by atomic mass is 32.1. The second-order valence-electron chi connectivity index (χ2n) is 9.21. The van der Waals surface area contributed by atoms with Crippen LogP contribution in [0.1, 0.15) is 59.9 Å². The van der Waals surface area contributed by atoms with Crippen LogP contribution in [0, 0.1) is 12.7 Å². The summed E-state index contributed by atoms with van der Waals surface area (Å²) in [4.78, 5) is 20.9. The molecule has 2 aliphatic rings. The number of thiazole rings is 1. The van der Waals surface area contributed by atoms with Crippen LogP contribution in [0.2, 0.25) is 0 Å². The van der Waals surface area contributed by atoms with Crippen LogP contribution in [0.15, 0.2) is 24.3 Å². The molecular formula is C25H30FN5OS. The third-order valence-corrected chi connectivity index (χ3v) is 7.93. The average molecular weight is 468 g/mol. The molecule has 33 heavy (non-hydrogen) atoms. The molecule has 0 saturated heterocycles. The van der Waals surface area contributed by atoms with Gasteiger partial charge in [0.25, 0.3) is 0 Å². The molecule has 3 heterocycles. The Morgan fingerprint density at radius 1 is 1.18 bits per heavy atom. The van der Waals surface area contributed by atoms with Crippen molar-refractivity contribution in [2.24, 2.45) is 0 Å². The van der Waals surface area contributed by atoms with Crippen molar-refractivity contribution >= 4 is 22.4 Å². The molecule has 2 aromatic heterocycles. The van der Waals surface area contributed by atoms with Gasteiger partial charge in [-0.25, -0.2) is 9.37 Å².